The Labute approximate surface area is 234 Å². The molecule has 7 nitrogen and oxygen atoms in total. The third-order valence-corrected chi connectivity index (χ3v) is 10.4. The van der Waals surface area contributed by atoms with Crippen LogP contribution in [-0.4, -0.2) is 92.4 Å². The molecule has 2 unspecified atom stereocenters. The number of fused-ring (bicyclic) bond motifs is 1. The number of unbranched alkanes of at least 4 members (excludes halogenated alkanes) is 2. The van der Waals surface area contributed by atoms with Crippen molar-refractivity contribution in [2.45, 2.75) is 94.7 Å². The number of aliphatic hydroxyl groups is 1. The van der Waals surface area contributed by atoms with Crippen LogP contribution < -0.4 is 0 Å². The third kappa shape index (κ3) is 5.72. The average molecular weight is 548 g/mol. The van der Waals surface area contributed by atoms with Gasteiger partial charge in [-0.05, 0) is 38.0 Å². The molecule has 8 heteroatoms. The highest BCUT2D eigenvalue weighted by atomic mass is 32.2. The van der Waals surface area contributed by atoms with Gasteiger partial charge in [0.1, 0.15) is 6.04 Å². The van der Waals surface area contributed by atoms with Crippen molar-refractivity contribution in [3.8, 4) is 0 Å². The molecule has 0 radical (unpaired) electrons. The van der Waals surface area contributed by atoms with Crippen LogP contribution in [0.4, 0.5) is 0 Å². The van der Waals surface area contributed by atoms with E-state index in [1.807, 2.05) is 16.7 Å². The second-order valence-electron chi connectivity index (χ2n) is 11.6. The molecule has 3 aliphatic heterocycles. The molecule has 2 bridgehead atoms. The van der Waals surface area contributed by atoms with Crippen LogP contribution in [0.25, 0.3) is 0 Å². The summed E-state index contributed by atoms with van der Waals surface area (Å²) < 4.78 is -0.639. The van der Waals surface area contributed by atoms with Crippen LogP contribution in [0.1, 0.15) is 72.6 Å². The molecule has 3 fully saturated rings. The molecule has 3 aliphatic rings. The maximum atomic E-state index is 14.4. The van der Waals surface area contributed by atoms with Crippen molar-refractivity contribution >= 4 is 29.5 Å². The SMILES string of the molecule is C=CCN(CCCCC)C(=O)C1N([C@@H](CO)CC(C)C)C(=O)[C@@H]2[C@H](C(=O)N(CC=C)CCC)[C@@H]3CCC12S3. The van der Waals surface area contributed by atoms with Gasteiger partial charge in [-0.3, -0.25) is 14.4 Å². The third-order valence-electron chi connectivity index (χ3n) is 8.45. The van der Waals surface area contributed by atoms with E-state index in [4.69, 9.17) is 0 Å². The summed E-state index contributed by atoms with van der Waals surface area (Å²) in [6.07, 6.45) is 9.47. The van der Waals surface area contributed by atoms with E-state index in [9.17, 15) is 19.5 Å². The van der Waals surface area contributed by atoms with E-state index in [2.05, 4.69) is 33.9 Å². The van der Waals surface area contributed by atoms with Gasteiger partial charge < -0.3 is 19.8 Å². The summed E-state index contributed by atoms with van der Waals surface area (Å²) in [6.45, 7) is 18.0. The van der Waals surface area contributed by atoms with Gasteiger partial charge in [0.2, 0.25) is 17.7 Å². The number of aliphatic hydroxyl groups excluding tert-OH is 1. The fourth-order valence-electron chi connectivity index (χ4n) is 6.97. The maximum absolute atomic E-state index is 14.4. The first-order valence-corrected chi connectivity index (χ1v) is 15.5. The lowest BCUT2D eigenvalue weighted by Crippen LogP contribution is -2.57. The Hall–Kier alpha value is -1.80. The fourth-order valence-corrected chi connectivity index (χ4v) is 9.16. The van der Waals surface area contributed by atoms with Gasteiger partial charge in [-0.2, -0.15) is 0 Å². The molecular weight excluding hydrogens is 498 g/mol. The lowest BCUT2D eigenvalue weighted by atomic mass is 9.70. The summed E-state index contributed by atoms with van der Waals surface area (Å²) >= 11 is 1.70. The Morgan fingerprint density at radius 2 is 1.76 bits per heavy atom. The van der Waals surface area contributed by atoms with E-state index in [1.54, 1.807) is 28.8 Å². The Balaban J connectivity index is 2.06. The second kappa shape index (κ2) is 13.5. The van der Waals surface area contributed by atoms with E-state index in [1.165, 1.54) is 0 Å². The highest BCUT2D eigenvalue weighted by Gasteiger charge is 2.74. The van der Waals surface area contributed by atoms with Gasteiger partial charge in [0.15, 0.2) is 0 Å². The van der Waals surface area contributed by atoms with Crippen LogP contribution in [0.5, 0.6) is 0 Å². The first kappa shape index (κ1) is 30.7. The minimum Gasteiger partial charge on any atom is -0.394 e. The van der Waals surface area contributed by atoms with Crippen LogP contribution in [-0.2, 0) is 14.4 Å². The van der Waals surface area contributed by atoms with Gasteiger partial charge in [0.05, 0.1) is 29.2 Å². The number of nitrogens with zero attached hydrogens (tertiary/aromatic N) is 3. The van der Waals surface area contributed by atoms with Gasteiger partial charge in [-0.15, -0.1) is 24.9 Å². The number of rotatable bonds is 16. The summed E-state index contributed by atoms with van der Waals surface area (Å²) in [6, 6.07) is -1.13. The van der Waals surface area contributed by atoms with Crippen molar-refractivity contribution < 1.29 is 19.5 Å². The maximum Gasteiger partial charge on any atom is 0.247 e. The van der Waals surface area contributed by atoms with Crippen molar-refractivity contribution in [3.05, 3.63) is 25.3 Å². The smallest absolute Gasteiger partial charge is 0.247 e. The Bertz CT molecular complexity index is 880. The lowest BCUT2D eigenvalue weighted by Gasteiger charge is -2.40. The van der Waals surface area contributed by atoms with Crippen molar-refractivity contribution in [2.24, 2.45) is 17.8 Å². The fraction of sp³-hybridized carbons (Fsp3) is 0.767. The molecule has 3 amide bonds. The molecule has 1 spiro atoms. The van der Waals surface area contributed by atoms with Crippen LogP contribution in [0.15, 0.2) is 25.3 Å². The summed E-state index contributed by atoms with van der Waals surface area (Å²) in [4.78, 5) is 48.1. The largest absolute Gasteiger partial charge is 0.394 e. The number of carbonyl (C=O) groups is 3. The predicted octanol–water partition coefficient (Wildman–Crippen LogP) is 4.11. The van der Waals surface area contributed by atoms with Crippen molar-refractivity contribution in [3.63, 3.8) is 0 Å². The first-order valence-electron chi connectivity index (χ1n) is 14.6. The van der Waals surface area contributed by atoms with Crippen molar-refractivity contribution in [1.82, 2.24) is 14.7 Å². The van der Waals surface area contributed by atoms with Gasteiger partial charge in [0, 0.05) is 31.4 Å². The summed E-state index contributed by atoms with van der Waals surface area (Å²) in [5, 5.41) is 10.5. The molecule has 0 aromatic carbocycles. The van der Waals surface area contributed by atoms with Crippen LogP contribution >= 0.6 is 11.8 Å². The molecule has 38 heavy (non-hydrogen) atoms. The van der Waals surface area contributed by atoms with Gasteiger partial charge in [-0.25, -0.2) is 0 Å². The molecule has 0 aromatic rings. The van der Waals surface area contributed by atoms with Gasteiger partial charge >= 0.3 is 0 Å². The average Bonchev–Trinajstić information content (AvgIpc) is 3.53. The first-order chi connectivity index (χ1) is 18.2. The topological polar surface area (TPSA) is 81.2 Å². The highest BCUT2D eigenvalue weighted by molar-refractivity contribution is 8.02. The number of carbonyl (C=O) groups excluding carboxylic acids is 3. The number of hydrogen-bond acceptors (Lipinski definition) is 5. The van der Waals surface area contributed by atoms with E-state index < -0.39 is 28.7 Å². The highest BCUT2D eigenvalue weighted by Crippen LogP contribution is 2.67. The minimum atomic E-state index is -0.677. The molecule has 0 aliphatic carbocycles. The summed E-state index contributed by atoms with van der Waals surface area (Å²) in [5.74, 6) is -0.919. The number of amides is 3. The second-order valence-corrected chi connectivity index (χ2v) is 13.2. The molecule has 3 heterocycles. The zero-order valence-electron chi connectivity index (χ0n) is 23.9. The molecule has 6 atom stereocenters. The monoisotopic (exact) mass is 547 g/mol. The van der Waals surface area contributed by atoms with Crippen LogP contribution in [0, 0.1) is 17.8 Å². The quantitative estimate of drug-likeness (QED) is 0.232. The van der Waals surface area contributed by atoms with E-state index >= 15 is 0 Å². The van der Waals surface area contributed by atoms with Gasteiger partial charge in [-0.1, -0.05) is 52.7 Å². The minimum absolute atomic E-state index is 0.00697. The number of thioether (sulfide) groups is 1. The Morgan fingerprint density at radius 3 is 2.32 bits per heavy atom. The normalized spacial score (nSPS) is 28.5. The van der Waals surface area contributed by atoms with Crippen LogP contribution in [0.3, 0.4) is 0 Å². The number of likely N-dealkylation sites (tertiary alicyclic amines) is 1. The predicted molar refractivity (Wildman–Crippen MR) is 155 cm³/mol. The van der Waals surface area contributed by atoms with E-state index in [-0.39, 0.29) is 35.5 Å². The molecule has 1 N–H and O–H groups in total. The van der Waals surface area contributed by atoms with Gasteiger partial charge in [0.25, 0.3) is 0 Å². The molecule has 214 valence electrons. The van der Waals surface area contributed by atoms with Crippen LogP contribution in [0.2, 0.25) is 0 Å². The van der Waals surface area contributed by atoms with Crippen molar-refractivity contribution in [1.29, 1.82) is 0 Å². The van der Waals surface area contributed by atoms with E-state index in [0.717, 1.165) is 38.5 Å². The van der Waals surface area contributed by atoms with E-state index in [0.29, 0.717) is 32.6 Å². The molecule has 3 saturated heterocycles. The Morgan fingerprint density at radius 1 is 1.11 bits per heavy atom. The molecule has 0 aromatic heterocycles. The summed E-state index contributed by atoms with van der Waals surface area (Å²) in [5.41, 5.74) is 0. The van der Waals surface area contributed by atoms with Crippen molar-refractivity contribution in [2.75, 3.05) is 32.8 Å². The molecule has 3 rings (SSSR count). The zero-order chi connectivity index (χ0) is 28.0. The summed E-state index contributed by atoms with van der Waals surface area (Å²) in [7, 11) is 0. The lowest BCUT2D eigenvalue weighted by molar-refractivity contribution is -0.147. The standard InChI is InChI=1S/C30H49N3O4S/c1-7-11-12-18-32(17-10-4)29(37)26-30-14-13-23(38-30)24(27(35)31(15-8-2)16-9-3)25(30)28(36)33(26)22(20-34)19-21(5)6/h8,10,21-26,34H,2,4,7,9,11-20H2,1,3,5-6H3/t22-,23+,24-,25+,26?,30?/m1/s1. The Kier molecular flexibility index (Phi) is 10.9. The molecule has 0 saturated carbocycles. The number of hydrogen-bond donors (Lipinski definition) is 1. The zero-order valence-corrected chi connectivity index (χ0v) is 24.8. The molecular formula is C30H49N3O4S.